The summed E-state index contributed by atoms with van der Waals surface area (Å²) < 4.78 is 0. The van der Waals surface area contributed by atoms with Crippen LogP contribution in [0.3, 0.4) is 0 Å². The second kappa shape index (κ2) is 14.7. The number of aliphatic hydroxyl groups excluding tert-OH is 1. The number of imide groups is 1. The van der Waals surface area contributed by atoms with Crippen LogP contribution in [0.15, 0.2) is 29.4 Å². The molecule has 45 heavy (non-hydrogen) atoms. The van der Waals surface area contributed by atoms with Crippen LogP contribution in [-0.4, -0.2) is 28.4 Å². The Kier molecular flexibility index (Phi) is 11.2. The Bertz CT molecular complexity index is 1440. The molecule has 3 aliphatic rings. The Morgan fingerprint density at radius 3 is 2.18 bits per heavy atom. The third kappa shape index (κ3) is 6.27. The largest absolute Gasteiger partial charge is 0.506 e. The van der Waals surface area contributed by atoms with E-state index in [0.29, 0.717) is 24.0 Å². The van der Waals surface area contributed by atoms with Gasteiger partial charge in [-0.3, -0.25) is 14.5 Å². The molecule has 1 N–H and O–H groups in total. The van der Waals surface area contributed by atoms with Crippen molar-refractivity contribution in [2.45, 2.75) is 137 Å². The summed E-state index contributed by atoms with van der Waals surface area (Å²) in [7, 11) is 0. The van der Waals surface area contributed by atoms with Crippen LogP contribution in [0.2, 0.25) is 0 Å². The fourth-order valence-corrected chi connectivity index (χ4v) is 11.0. The molecule has 3 unspecified atom stereocenters. The SMILES string of the molecule is CC=C1C(=O)N(CC(CC)CCCC)C(=O)/C1=C(/O)c1cc2c(s1)-c1sc(C)cc1C2(CC(CC)CCCC)C1CCCCC1. The summed E-state index contributed by atoms with van der Waals surface area (Å²) in [6, 6.07) is 4.71. The van der Waals surface area contributed by atoms with Gasteiger partial charge in [-0.2, -0.15) is 0 Å². The van der Waals surface area contributed by atoms with Gasteiger partial charge in [0.2, 0.25) is 0 Å². The molecule has 2 fully saturated rings. The van der Waals surface area contributed by atoms with E-state index >= 15 is 0 Å². The van der Waals surface area contributed by atoms with Crippen molar-refractivity contribution in [3.8, 4) is 9.75 Å². The Hall–Kier alpha value is -2.18. The van der Waals surface area contributed by atoms with E-state index in [1.54, 1.807) is 24.3 Å². The molecule has 6 heteroatoms. The minimum atomic E-state index is -0.342. The zero-order valence-corrected chi connectivity index (χ0v) is 30.2. The molecular formula is C39H55NO3S2. The van der Waals surface area contributed by atoms with Gasteiger partial charge in [0.15, 0.2) is 0 Å². The Morgan fingerprint density at radius 2 is 1.56 bits per heavy atom. The van der Waals surface area contributed by atoms with Crippen LogP contribution in [0.1, 0.15) is 145 Å². The van der Waals surface area contributed by atoms with E-state index in [1.807, 2.05) is 11.3 Å². The first-order valence-electron chi connectivity index (χ1n) is 18.0. The number of thiophene rings is 2. The lowest BCUT2D eigenvalue weighted by Crippen LogP contribution is -2.38. The number of allylic oxidation sites excluding steroid dienone is 1. The summed E-state index contributed by atoms with van der Waals surface area (Å²) in [6.45, 7) is 13.4. The first-order chi connectivity index (χ1) is 21.7. The second-order valence-electron chi connectivity index (χ2n) is 13.9. The van der Waals surface area contributed by atoms with E-state index in [0.717, 1.165) is 37.0 Å². The molecule has 0 spiro atoms. The van der Waals surface area contributed by atoms with Crippen molar-refractivity contribution in [1.29, 1.82) is 0 Å². The van der Waals surface area contributed by atoms with Gasteiger partial charge >= 0.3 is 0 Å². The highest BCUT2D eigenvalue weighted by Gasteiger charge is 2.52. The van der Waals surface area contributed by atoms with Crippen molar-refractivity contribution >= 4 is 40.2 Å². The highest BCUT2D eigenvalue weighted by Crippen LogP contribution is 2.63. The Morgan fingerprint density at radius 1 is 0.933 bits per heavy atom. The molecule has 3 atom stereocenters. The van der Waals surface area contributed by atoms with Gasteiger partial charge in [0, 0.05) is 26.6 Å². The number of carbonyl (C=O) groups excluding carboxylic acids is 2. The molecule has 1 saturated heterocycles. The maximum Gasteiger partial charge on any atom is 0.265 e. The van der Waals surface area contributed by atoms with Crippen molar-refractivity contribution in [2.24, 2.45) is 17.8 Å². The Labute approximate surface area is 280 Å². The predicted octanol–water partition coefficient (Wildman–Crippen LogP) is 11.4. The average Bonchev–Trinajstić information content (AvgIpc) is 3.77. The van der Waals surface area contributed by atoms with Gasteiger partial charge in [-0.25, -0.2) is 0 Å². The highest BCUT2D eigenvalue weighted by molar-refractivity contribution is 7.23. The van der Waals surface area contributed by atoms with Crippen LogP contribution in [0.25, 0.3) is 15.5 Å². The summed E-state index contributed by atoms with van der Waals surface area (Å²) in [5.41, 5.74) is 3.37. The molecule has 2 aromatic heterocycles. The number of hydrogen-bond acceptors (Lipinski definition) is 5. The van der Waals surface area contributed by atoms with E-state index in [4.69, 9.17) is 0 Å². The normalized spacial score (nSPS) is 23.6. The van der Waals surface area contributed by atoms with Crippen LogP contribution in [0.4, 0.5) is 0 Å². The number of aliphatic hydroxyl groups is 1. The van der Waals surface area contributed by atoms with Crippen molar-refractivity contribution in [2.75, 3.05) is 6.54 Å². The number of hydrogen-bond donors (Lipinski definition) is 1. The smallest absolute Gasteiger partial charge is 0.265 e. The van der Waals surface area contributed by atoms with E-state index in [1.165, 1.54) is 88.4 Å². The minimum Gasteiger partial charge on any atom is -0.506 e. The van der Waals surface area contributed by atoms with Crippen LogP contribution in [0, 0.1) is 24.7 Å². The van der Waals surface area contributed by atoms with E-state index < -0.39 is 0 Å². The number of unbranched alkanes of at least 4 members (excludes halogenated alkanes) is 2. The maximum absolute atomic E-state index is 13.9. The molecule has 5 rings (SSSR count). The number of fused-ring (bicyclic) bond motifs is 3. The number of rotatable bonds is 14. The van der Waals surface area contributed by atoms with Gasteiger partial charge in [0.1, 0.15) is 5.76 Å². The van der Waals surface area contributed by atoms with Gasteiger partial charge in [-0.05, 0) is 80.5 Å². The third-order valence-corrected chi connectivity index (χ3v) is 13.5. The van der Waals surface area contributed by atoms with E-state index in [2.05, 4.69) is 46.8 Å². The van der Waals surface area contributed by atoms with E-state index in [9.17, 15) is 14.7 Å². The zero-order valence-electron chi connectivity index (χ0n) is 28.6. The topological polar surface area (TPSA) is 57.6 Å². The lowest BCUT2D eigenvalue weighted by molar-refractivity contribution is -0.137. The fourth-order valence-electron chi connectivity index (χ4n) is 8.54. The summed E-state index contributed by atoms with van der Waals surface area (Å²) in [6.07, 6.45) is 18.3. The van der Waals surface area contributed by atoms with Gasteiger partial charge in [0.05, 0.1) is 16.0 Å². The fraction of sp³-hybridized carbons (Fsp3) is 0.641. The minimum absolute atomic E-state index is 0.0182. The average molecular weight is 650 g/mol. The lowest BCUT2D eigenvalue weighted by atomic mass is 9.60. The molecule has 1 aliphatic heterocycles. The second-order valence-corrected chi connectivity index (χ2v) is 16.3. The van der Waals surface area contributed by atoms with E-state index in [-0.39, 0.29) is 34.5 Å². The quantitative estimate of drug-likeness (QED) is 0.126. The van der Waals surface area contributed by atoms with Crippen molar-refractivity contribution in [1.82, 2.24) is 4.90 Å². The van der Waals surface area contributed by atoms with Crippen molar-refractivity contribution in [3.05, 3.63) is 50.2 Å². The van der Waals surface area contributed by atoms with Crippen LogP contribution in [-0.2, 0) is 15.0 Å². The lowest BCUT2D eigenvalue weighted by Gasteiger charge is -2.43. The van der Waals surface area contributed by atoms with Crippen molar-refractivity contribution < 1.29 is 14.7 Å². The zero-order chi connectivity index (χ0) is 32.3. The summed E-state index contributed by atoms with van der Waals surface area (Å²) in [5.74, 6) is 0.883. The highest BCUT2D eigenvalue weighted by atomic mass is 32.1. The third-order valence-electron chi connectivity index (χ3n) is 11.2. The number of nitrogens with zero attached hydrogens (tertiary/aromatic N) is 1. The Balaban J connectivity index is 1.61. The van der Waals surface area contributed by atoms with Crippen LogP contribution >= 0.6 is 22.7 Å². The molecule has 0 aromatic carbocycles. The molecule has 4 nitrogen and oxygen atoms in total. The molecule has 246 valence electrons. The predicted molar refractivity (Wildman–Crippen MR) is 191 cm³/mol. The first kappa shape index (κ1) is 34.2. The molecule has 0 bridgehead atoms. The summed E-state index contributed by atoms with van der Waals surface area (Å²) in [5, 5.41) is 11.9. The molecule has 2 amide bonds. The van der Waals surface area contributed by atoms with Crippen LogP contribution in [0.5, 0.6) is 0 Å². The molecule has 0 radical (unpaired) electrons. The van der Waals surface area contributed by atoms with Crippen LogP contribution < -0.4 is 0 Å². The summed E-state index contributed by atoms with van der Waals surface area (Å²) in [4.78, 5) is 33.6. The molecule has 1 saturated carbocycles. The first-order valence-corrected chi connectivity index (χ1v) is 19.6. The molecule has 2 aliphatic carbocycles. The molecular weight excluding hydrogens is 595 g/mol. The number of likely N-dealkylation sites (tertiary alicyclic amines) is 1. The summed E-state index contributed by atoms with van der Waals surface area (Å²) >= 11 is 3.52. The maximum atomic E-state index is 13.9. The van der Waals surface area contributed by atoms with Gasteiger partial charge < -0.3 is 5.11 Å². The van der Waals surface area contributed by atoms with Gasteiger partial charge in [-0.15, -0.1) is 22.7 Å². The molecule has 3 heterocycles. The van der Waals surface area contributed by atoms with Crippen molar-refractivity contribution in [3.63, 3.8) is 0 Å². The number of carbonyl (C=O) groups is 2. The number of aryl methyl sites for hydroxylation is 1. The standard InChI is InChI=1S/C39H55NO3S2/c1-7-12-17-26(9-3)23-39(28-19-15-14-16-20-28)30-21-25(6)44-35(30)36-31(39)22-32(45-36)34(41)33-29(11-5)37(42)40(38(33)43)24-27(10-4)18-13-8-2/h11,21-22,26-28,41H,7-10,12-20,23-24H2,1-6H3/b29-11?,34-33+. The van der Waals surface area contributed by atoms with Gasteiger partial charge in [0.25, 0.3) is 11.8 Å². The monoisotopic (exact) mass is 649 g/mol. The number of amides is 2. The van der Waals surface area contributed by atoms with Gasteiger partial charge in [-0.1, -0.05) is 98.0 Å². The molecule has 2 aromatic rings.